The lowest BCUT2D eigenvalue weighted by Crippen LogP contribution is -2.48. The van der Waals surface area contributed by atoms with E-state index in [1.165, 1.54) is 7.11 Å². The van der Waals surface area contributed by atoms with E-state index in [0.717, 1.165) is 5.52 Å². The highest BCUT2D eigenvalue weighted by Crippen LogP contribution is 2.47. The van der Waals surface area contributed by atoms with Crippen molar-refractivity contribution in [3.05, 3.63) is 46.1 Å². The Morgan fingerprint density at radius 3 is 2.58 bits per heavy atom. The van der Waals surface area contributed by atoms with Crippen LogP contribution in [0.5, 0.6) is 11.5 Å². The van der Waals surface area contributed by atoms with Gasteiger partial charge in [0.2, 0.25) is 5.43 Å². The molecule has 2 heterocycles. The van der Waals surface area contributed by atoms with Crippen LogP contribution in [0.25, 0.3) is 21.8 Å². The molecule has 2 N–H and O–H groups in total. The van der Waals surface area contributed by atoms with Gasteiger partial charge < -0.3 is 24.3 Å². The van der Waals surface area contributed by atoms with Crippen molar-refractivity contribution in [3.63, 3.8) is 0 Å². The van der Waals surface area contributed by atoms with Crippen molar-refractivity contribution in [3.8, 4) is 11.5 Å². The van der Waals surface area contributed by atoms with Crippen LogP contribution in [0, 0.1) is 0 Å². The number of aryl methyl sites for hydroxylation is 1. The maximum absolute atomic E-state index is 13.1. The van der Waals surface area contributed by atoms with Crippen LogP contribution >= 0.6 is 0 Å². The fraction of sp³-hybridized carbons (Fsp3) is 0.350. The van der Waals surface area contributed by atoms with Crippen molar-refractivity contribution in [2.24, 2.45) is 7.05 Å². The van der Waals surface area contributed by atoms with E-state index in [2.05, 4.69) is 0 Å². The van der Waals surface area contributed by atoms with Crippen LogP contribution in [0.15, 0.2) is 35.1 Å². The lowest BCUT2D eigenvalue weighted by Gasteiger charge is -2.40. The van der Waals surface area contributed by atoms with Crippen molar-refractivity contribution in [1.29, 1.82) is 0 Å². The largest absolute Gasteiger partial charge is 0.495 e. The van der Waals surface area contributed by atoms with Gasteiger partial charge in [0.15, 0.2) is 0 Å². The first-order valence-electron chi connectivity index (χ1n) is 8.45. The van der Waals surface area contributed by atoms with E-state index in [9.17, 15) is 15.0 Å². The number of fused-ring (bicyclic) bond motifs is 3. The molecule has 3 aromatic rings. The number of rotatable bonds is 1. The van der Waals surface area contributed by atoms with Crippen molar-refractivity contribution in [2.45, 2.75) is 31.7 Å². The van der Waals surface area contributed by atoms with E-state index < -0.39 is 17.8 Å². The fourth-order valence-corrected chi connectivity index (χ4v) is 3.80. The number of ether oxygens (including phenoxy) is 2. The summed E-state index contributed by atoms with van der Waals surface area (Å²) >= 11 is 0. The van der Waals surface area contributed by atoms with Gasteiger partial charge in [0, 0.05) is 18.5 Å². The first-order chi connectivity index (χ1) is 12.3. The number of aromatic nitrogens is 1. The third-order valence-electron chi connectivity index (χ3n) is 5.24. The summed E-state index contributed by atoms with van der Waals surface area (Å²) in [6, 6.07) is 9.07. The number of benzene rings is 2. The highest BCUT2D eigenvalue weighted by atomic mass is 16.5. The number of methoxy groups -OCH3 is 1. The lowest BCUT2D eigenvalue weighted by atomic mass is 9.87. The SMILES string of the molecule is COc1c2c(cc3c1c(=O)c1ccccc1n3C)OC(C)(C)[C@@H](O)[C@H]2O. The summed E-state index contributed by atoms with van der Waals surface area (Å²) in [5.41, 5.74) is 0.589. The molecule has 0 aliphatic carbocycles. The minimum atomic E-state index is -1.22. The molecule has 1 aliphatic heterocycles. The van der Waals surface area contributed by atoms with Crippen molar-refractivity contribution < 1.29 is 19.7 Å². The molecule has 0 fully saturated rings. The van der Waals surface area contributed by atoms with Gasteiger partial charge in [-0.05, 0) is 26.0 Å². The zero-order valence-corrected chi connectivity index (χ0v) is 15.1. The average molecular weight is 355 g/mol. The Balaban J connectivity index is 2.21. The first-order valence-corrected chi connectivity index (χ1v) is 8.45. The van der Waals surface area contributed by atoms with E-state index in [1.807, 2.05) is 29.8 Å². The molecule has 6 nitrogen and oxygen atoms in total. The topological polar surface area (TPSA) is 80.9 Å². The number of aliphatic hydroxyl groups excluding tert-OH is 2. The fourth-order valence-electron chi connectivity index (χ4n) is 3.80. The Labute approximate surface area is 150 Å². The van der Waals surface area contributed by atoms with E-state index in [-0.39, 0.29) is 11.2 Å². The number of nitrogens with zero attached hydrogens (tertiary/aromatic N) is 1. The summed E-state index contributed by atoms with van der Waals surface area (Å²) in [7, 11) is 3.32. The predicted molar refractivity (Wildman–Crippen MR) is 98.9 cm³/mol. The minimum Gasteiger partial charge on any atom is -0.495 e. The van der Waals surface area contributed by atoms with Crippen molar-refractivity contribution in [2.75, 3.05) is 7.11 Å². The molecule has 1 aliphatic rings. The third-order valence-corrected chi connectivity index (χ3v) is 5.24. The second-order valence-electron chi connectivity index (χ2n) is 7.22. The molecule has 0 bridgehead atoms. The Morgan fingerprint density at radius 2 is 1.88 bits per heavy atom. The van der Waals surface area contributed by atoms with Gasteiger partial charge in [0.05, 0.1) is 29.1 Å². The van der Waals surface area contributed by atoms with Gasteiger partial charge in [-0.1, -0.05) is 12.1 Å². The van der Waals surface area contributed by atoms with Crippen LogP contribution in [-0.2, 0) is 7.05 Å². The summed E-state index contributed by atoms with van der Waals surface area (Å²) in [4.78, 5) is 13.1. The average Bonchev–Trinajstić information content (AvgIpc) is 2.62. The van der Waals surface area contributed by atoms with Gasteiger partial charge in [0.25, 0.3) is 0 Å². The molecule has 0 saturated heterocycles. The third kappa shape index (κ3) is 2.09. The van der Waals surface area contributed by atoms with Gasteiger partial charge in [0.1, 0.15) is 29.3 Å². The van der Waals surface area contributed by atoms with Crippen LogP contribution < -0.4 is 14.9 Å². The van der Waals surface area contributed by atoms with Gasteiger partial charge in [-0.25, -0.2) is 0 Å². The Hall–Kier alpha value is -2.57. The summed E-state index contributed by atoms with van der Waals surface area (Å²) < 4.78 is 13.4. The number of hydrogen-bond acceptors (Lipinski definition) is 5. The van der Waals surface area contributed by atoms with Gasteiger partial charge in [-0.15, -0.1) is 0 Å². The first kappa shape index (κ1) is 16.9. The second-order valence-corrected chi connectivity index (χ2v) is 7.22. The smallest absolute Gasteiger partial charge is 0.200 e. The molecule has 0 radical (unpaired) electrons. The Morgan fingerprint density at radius 1 is 1.19 bits per heavy atom. The maximum atomic E-state index is 13.1. The molecular formula is C20H21NO5. The maximum Gasteiger partial charge on any atom is 0.200 e. The molecule has 2 atom stereocenters. The molecule has 0 unspecified atom stereocenters. The van der Waals surface area contributed by atoms with Crippen LogP contribution in [-0.4, -0.2) is 33.6 Å². The monoisotopic (exact) mass is 355 g/mol. The molecular weight excluding hydrogens is 334 g/mol. The predicted octanol–water partition coefficient (Wildman–Crippen LogP) is 2.27. The van der Waals surface area contributed by atoms with E-state index in [0.29, 0.717) is 27.6 Å². The summed E-state index contributed by atoms with van der Waals surface area (Å²) in [5, 5.41) is 22.0. The molecule has 26 heavy (non-hydrogen) atoms. The molecule has 4 rings (SSSR count). The molecule has 136 valence electrons. The zero-order valence-electron chi connectivity index (χ0n) is 15.1. The lowest BCUT2D eigenvalue weighted by molar-refractivity contribution is -0.112. The van der Waals surface area contributed by atoms with Crippen LogP contribution in [0.2, 0.25) is 0 Å². The number of aliphatic hydroxyl groups is 2. The molecule has 6 heteroatoms. The molecule has 0 spiro atoms. The quantitative estimate of drug-likeness (QED) is 0.655. The Bertz CT molecular complexity index is 1100. The highest BCUT2D eigenvalue weighted by Gasteiger charge is 2.44. The Kier molecular flexibility index (Phi) is 3.54. The van der Waals surface area contributed by atoms with Gasteiger partial charge in [-0.3, -0.25) is 4.79 Å². The molecule has 0 saturated carbocycles. The van der Waals surface area contributed by atoms with Gasteiger partial charge in [-0.2, -0.15) is 0 Å². The van der Waals surface area contributed by atoms with Crippen molar-refractivity contribution in [1.82, 2.24) is 4.57 Å². The molecule has 1 aromatic heterocycles. The number of hydrogen-bond donors (Lipinski definition) is 2. The molecule has 2 aromatic carbocycles. The normalized spacial score (nSPS) is 21.5. The zero-order chi connectivity index (χ0) is 18.8. The highest BCUT2D eigenvalue weighted by molar-refractivity contribution is 5.98. The van der Waals surface area contributed by atoms with Crippen LogP contribution in [0.1, 0.15) is 25.5 Å². The summed E-state index contributed by atoms with van der Waals surface area (Å²) in [6.07, 6.45) is -2.37. The number of para-hydroxylation sites is 1. The van der Waals surface area contributed by atoms with Crippen molar-refractivity contribution >= 4 is 21.8 Å². The minimum absolute atomic E-state index is 0.181. The second kappa shape index (κ2) is 5.46. The summed E-state index contributed by atoms with van der Waals surface area (Å²) in [5.74, 6) is 0.647. The van der Waals surface area contributed by atoms with E-state index >= 15 is 0 Å². The molecule has 0 amide bonds. The van der Waals surface area contributed by atoms with Crippen LogP contribution in [0.3, 0.4) is 0 Å². The van der Waals surface area contributed by atoms with E-state index in [1.54, 1.807) is 26.0 Å². The number of pyridine rings is 1. The standard InChI is InChI=1S/C20H21NO5/c1-20(2)19(24)17(23)15-13(26-20)9-12-14(18(15)25-4)16(22)10-7-5-6-8-11(10)21(12)3/h5-9,17,19,23-24H,1-4H3/t17-,19-/m0/s1. The van der Waals surface area contributed by atoms with E-state index in [4.69, 9.17) is 9.47 Å². The summed E-state index contributed by atoms with van der Waals surface area (Å²) in [6.45, 7) is 3.42. The van der Waals surface area contributed by atoms with Gasteiger partial charge >= 0.3 is 0 Å². The van der Waals surface area contributed by atoms with Crippen LogP contribution in [0.4, 0.5) is 0 Å².